The van der Waals surface area contributed by atoms with Crippen LogP contribution in [0.5, 0.6) is 0 Å². The maximum atomic E-state index is 7.50. The average molecular weight is 761 g/mol. The van der Waals surface area contributed by atoms with Gasteiger partial charge in [0.05, 0.1) is 0 Å². The molecule has 1 nitrogen and oxygen atoms in total. The van der Waals surface area contributed by atoms with Gasteiger partial charge in [0.25, 0.3) is 6.79 Å². The van der Waals surface area contributed by atoms with E-state index in [2.05, 4.69) is 6.79 Å². The molecule has 0 aromatic rings. The third kappa shape index (κ3) is 14.0. The second-order valence-corrected chi connectivity index (χ2v) is 23.5. The number of halogens is 2. The van der Waals surface area contributed by atoms with E-state index in [1.807, 2.05) is 0 Å². The fourth-order valence-electron chi connectivity index (χ4n) is 10.1. The van der Waals surface area contributed by atoms with E-state index in [1.54, 1.807) is 154 Å². The minimum absolute atomic E-state index is 0.346. The van der Waals surface area contributed by atoms with Crippen molar-refractivity contribution >= 4 is 42.0 Å². The third-order valence-electron chi connectivity index (χ3n) is 12.0. The first-order chi connectivity index (χ1) is 21.3. The second kappa shape index (κ2) is 24.8. The van der Waals surface area contributed by atoms with Gasteiger partial charge in [-0.15, -0.1) is 0 Å². The molecular weight excluding hydrogens is 694 g/mol. The molecule has 252 valence electrons. The van der Waals surface area contributed by atoms with E-state index in [0.29, 0.717) is 15.8 Å². The van der Waals surface area contributed by atoms with Crippen LogP contribution in [0.1, 0.15) is 193 Å². The van der Waals surface area contributed by atoms with E-state index < -0.39 is 0 Å². The van der Waals surface area contributed by atoms with Gasteiger partial charge in [-0.3, -0.25) is 4.79 Å². The molecule has 0 bridgehead atoms. The summed E-state index contributed by atoms with van der Waals surface area (Å²) in [4.78, 5) is 7.50. The fraction of sp³-hybridized carbons (Fsp3) is 0.973. The van der Waals surface area contributed by atoms with Crippen molar-refractivity contribution in [2.24, 2.45) is 0 Å². The van der Waals surface area contributed by atoms with Crippen LogP contribution in [0.2, 0.25) is 0 Å². The van der Waals surface area contributed by atoms with Crippen molar-refractivity contribution in [2.45, 2.75) is 227 Å². The quantitative estimate of drug-likeness (QED) is 0.195. The Kier molecular flexibility index (Phi) is 22.6. The second-order valence-electron chi connectivity index (χ2n) is 14.7. The normalized spacial score (nSPS) is 26.1. The molecule has 0 aromatic heterocycles. The summed E-state index contributed by atoms with van der Waals surface area (Å²) in [6, 6.07) is 0. The summed E-state index contributed by atoms with van der Waals surface area (Å²) < 4.78 is 0. The first-order valence-electron chi connectivity index (χ1n) is 18.9. The van der Waals surface area contributed by atoms with E-state index in [0.717, 1.165) is 0 Å². The summed E-state index contributed by atoms with van der Waals surface area (Å²) in [7, 11) is 10.5. The first-order valence-corrected chi connectivity index (χ1v) is 26.5. The Hall–Kier alpha value is 1.73. The zero-order valence-corrected chi connectivity index (χ0v) is 32.6. The Bertz CT molecular complexity index is 511. The Balaban J connectivity index is 0.000000205. The zero-order valence-electron chi connectivity index (χ0n) is 27.6. The van der Waals surface area contributed by atoms with Crippen LogP contribution in [-0.2, 0) is 19.9 Å². The Morgan fingerprint density at radius 1 is 0.326 bits per heavy atom. The number of hydrogen-bond donors (Lipinski definition) is 0. The summed E-state index contributed by atoms with van der Waals surface area (Å²) in [6.07, 6.45) is 47.2. The van der Waals surface area contributed by atoms with Crippen LogP contribution in [0.4, 0.5) is 0 Å². The molecule has 6 aliphatic carbocycles. The molecule has 0 heterocycles. The summed E-state index contributed by atoms with van der Waals surface area (Å²) >= 11 is -0.346. The van der Waals surface area contributed by atoms with Crippen molar-refractivity contribution in [1.82, 2.24) is 0 Å². The van der Waals surface area contributed by atoms with Crippen molar-refractivity contribution in [3.8, 4) is 0 Å². The van der Waals surface area contributed by atoms with E-state index in [9.17, 15) is 0 Å². The van der Waals surface area contributed by atoms with Crippen molar-refractivity contribution in [1.29, 1.82) is 0 Å². The monoisotopic (exact) mass is 760 g/mol. The predicted octanol–water partition coefficient (Wildman–Crippen LogP) is 13.9. The summed E-state index contributed by atoms with van der Waals surface area (Å²) in [5, 5.41) is 0. The van der Waals surface area contributed by atoms with Gasteiger partial charge in [0, 0.05) is 0 Å². The zero-order chi connectivity index (χ0) is 30.5. The van der Waals surface area contributed by atoms with Crippen LogP contribution in [0, 0.1) is 0 Å². The third-order valence-corrected chi connectivity index (χ3v) is 20.1. The fourth-order valence-corrected chi connectivity index (χ4v) is 19.4. The van der Waals surface area contributed by atoms with Crippen molar-refractivity contribution in [3.63, 3.8) is 0 Å². The Labute approximate surface area is 286 Å². The molecule has 0 atom stereocenters. The molecule has 6 aliphatic rings. The molecule has 2 radical (unpaired) electrons. The predicted molar refractivity (Wildman–Crippen MR) is 192 cm³/mol. The van der Waals surface area contributed by atoms with Crippen LogP contribution in [0.25, 0.3) is 0 Å². The average Bonchev–Trinajstić information content (AvgIpc) is 3.10. The van der Waals surface area contributed by atoms with Gasteiger partial charge in [0.15, 0.2) is 0 Å². The molecule has 0 aliphatic heterocycles. The molecule has 6 heteroatoms. The van der Waals surface area contributed by atoms with Gasteiger partial charge >= 0.3 is 34.5 Å². The van der Waals surface area contributed by atoms with Crippen LogP contribution in [0.15, 0.2) is 0 Å². The molecule has 6 fully saturated rings. The molecule has 0 N–H and O–H groups in total. The van der Waals surface area contributed by atoms with Crippen LogP contribution in [-0.4, -0.2) is 40.7 Å². The van der Waals surface area contributed by atoms with Gasteiger partial charge in [-0.25, -0.2) is 0 Å². The van der Waals surface area contributed by atoms with E-state index in [4.69, 9.17) is 24.2 Å². The summed E-state index contributed by atoms with van der Waals surface area (Å²) in [5.74, 6) is 0. The van der Waals surface area contributed by atoms with Crippen molar-refractivity contribution in [3.05, 3.63) is 0 Å². The molecule has 0 amide bonds. The van der Waals surface area contributed by atoms with Gasteiger partial charge in [0.1, 0.15) is 0 Å². The molecule has 0 aromatic carbocycles. The van der Waals surface area contributed by atoms with Crippen LogP contribution < -0.4 is 0 Å². The topological polar surface area (TPSA) is 17.1 Å². The van der Waals surface area contributed by atoms with Gasteiger partial charge in [0.2, 0.25) is 0 Å². The van der Waals surface area contributed by atoms with E-state index in [-0.39, 0.29) is 15.1 Å². The van der Waals surface area contributed by atoms with Gasteiger partial charge < -0.3 is 0 Å². The SMILES string of the molecule is C1CCC(P(C2CCCCC2)C2CCCCC2)CC1.C1CCC(P(C2CCCCC2)C2CCCCC2)CC1.[C]=O.[Cl][Ru][Cl]. The maximum absolute atomic E-state index is 7.50. The number of carbonyl (C=O) groups excluding carboxylic acids is 1. The summed E-state index contributed by atoms with van der Waals surface area (Å²) in [6.45, 7) is 4.50. The van der Waals surface area contributed by atoms with E-state index in [1.165, 1.54) is 72.5 Å². The summed E-state index contributed by atoms with van der Waals surface area (Å²) in [5.41, 5.74) is 7.14. The molecule has 6 saturated carbocycles. The molecule has 0 spiro atoms. The molecule has 0 unspecified atom stereocenters. The first kappa shape index (κ1) is 39.2. The van der Waals surface area contributed by atoms with Crippen LogP contribution in [0.3, 0.4) is 0 Å². The number of hydrogen-bond acceptors (Lipinski definition) is 1. The Morgan fingerprint density at radius 2 is 0.442 bits per heavy atom. The van der Waals surface area contributed by atoms with Gasteiger partial charge in [-0.2, -0.15) is 0 Å². The molecule has 43 heavy (non-hydrogen) atoms. The van der Waals surface area contributed by atoms with E-state index >= 15 is 0 Å². The van der Waals surface area contributed by atoms with Crippen molar-refractivity contribution in [2.75, 3.05) is 0 Å². The van der Waals surface area contributed by atoms with Crippen molar-refractivity contribution < 1.29 is 19.9 Å². The standard InChI is InChI=1S/2C18H33P.CO.2ClH.Ru/c2*1-4-10-16(11-5-1)19(17-12-6-2-7-13-17)18-14-8-3-9-15-18;1-2;;;/h2*16-18H,1-15H2;;2*1H;/q;;;;;+2/p-2. The number of rotatable bonds is 6. The van der Waals surface area contributed by atoms with Gasteiger partial charge in [-0.05, 0) is 111 Å². The Morgan fingerprint density at radius 3 is 0.558 bits per heavy atom. The van der Waals surface area contributed by atoms with Gasteiger partial charge in [-0.1, -0.05) is 131 Å². The molecule has 6 rings (SSSR count). The molecule has 0 saturated heterocycles. The van der Waals surface area contributed by atoms with Crippen LogP contribution >= 0.6 is 35.2 Å². The minimum atomic E-state index is -0.346. The molecular formula is C37H66Cl2OP2Ru.